The van der Waals surface area contributed by atoms with E-state index in [-0.39, 0.29) is 0 Å². The molecule has 1 unspecified atom stereocenters. The number of hydrogen-bond donors (Lipinski definition) is 0. The molecule has 3 aliphatic rings. The van der Waals surface area contributed by atoms with E-state index in [9.17, 15) is 0 Å². The van der Waals surface area contributed by atoms with Crippen LogP contribution >= 0.6 is 0 Å². The van der Waals surface area contributed by atoms with E-state index in [1.165, 1.54) is 29.5 Å². The maximum atomic E-state index is 5.57. The van der Waals surface area contributed by atoms with Gasteiger partial charge >= 0.3 is 0 Å². The van der Waals surface area contributed by atoms with Gasteiger partial charge in [-0.15, -0.1) is 0 Å². The van der Waals surface area contributed by atoms with Crippen molar-refractivity contribution < 1.29 is 4.74 Å². The van der Waals surface area contributed by atoms with Crippen LogP contribution in [0.15, 0.2) is 42.5 Å². The number of nitrogens with zero attached hydrogens (tertiary/aromatic N) is 4. The predicted molar refractivity (Wildman–Crippen MR) is 130 cm³/mol. The first-order valence-corrected chi connectivity index (χ1v) is 12.0. The van der Waals surface area contributed by atoms with E-state index in [1.807, 2.05) is 6.07 Å². The number of methoxy groups -OCH3 is 1. The summed E-state index contributed by atoms with van der Waals surface area (Å²) in [6, 6.07) is 15.2. The highest BCUT2D eigenvalue weighted by atomic mass is 16.5. The van der Waals surface area contributed by atoms with Crippen LogP contribution in [0.1, 0.15) is 56.3 Å². The molecule has 3 heterocycles. The first-order valence-electron chi connectivity index (χ1n) is 12.0. The van der Waals surface area contributed by atoms with Gasteiger partial charge in [-0.1, -0.05) is 32.0 Å². The van der Waals surface area contributed by atoms with Crippen LogP contribution in [0.2, 0.25) is 0 Å². The van der Waals surface area contributed by atoms with E-state index in [1.54, 1.807) is 7.11 Å². The number of fused-ring (bicyclic) bond motifs is 1. The Hall–Kier alpha value is -2.82. The number of aromatic nitrogens is 2. The molecule has 2 aliphatic heterocycles. The summed E-state index contributed by atoms with van der Waals surface area (Å²) in [4.78, 5) is 15.0. The van der Waals surface area contributed by atoms with E-state index in [0.717, 1.165) is 55.5 Å². The van der Waals surface area contributed by atoms with Crippen molar-refractivity contribution in [2.75, 3.05) is 43.1 Å². The average Bonchev–Trinajstić information content (AvgIpc) is 3.62. The molecule has 2 saturated heterocycles. The topological polar surface area (TPSA) is 41.5 Å². The molecule has 1 aromatic heterocycles. The minimum absolute atomic E-state index is 0.367. The van der Waals surface area contributed by atoms with Gasteiger partial charge in [0.1, 0.15) is 17.4 Å². The van der Waals surface area contributed by atoms with Gasteiger partial charge in [0.25, 0.3) is 0 Å². The fraction of sp³-hybridized carbons (Fsp3) is 0.481. The van der Waals surface area contributed by atoms with Gasteiger partial charge in [-0.25, -0.2) is 9.97 Å². The third kappa shape index (κ3) is 3.21. The highest BCUT2D eigenvalue weighted by molar-refractivity contribution is 5.91. The zero-order valence-electron chi connectivity index (χ0n) is 19.3. The Labute approximate surface area is 190 Å². The van der Waals surface area contributed by atoms with Crippen molar-refractivity contribution >= 4 is 22.4 Å². The lowest BCUT2D eigenvalue weighted by atomic mass is 9.72. The Bertz CT molecular complexity index is 1160. The number of benzene rings is 2. The van der Waals surface area contributed by atoms with Crippen LogP contribution in [-0.2, 0) is 0 Å². The molecule has 5 nitrogen and oxygen atoms in total. The van der Waals surface area contributed by atoms with Crippen molar-refractivity contribution in [2.24, 2.45) is 5.41 Å². The van der Waals surface area contributed by atoms with Crippen LogP contribution in [0.4, 0.5) is 11.5 Å². The second-order valence-corrected chi connectivity index (χ2v) is 10.1. The minimum atomic E-state index is 0.367. The standard InChI is InChI=1S/C27H32N4O/c1-4-18(2)20-11-12-22-21(13-20)26(29-25(28-22)19-9-10-19)31-16-27(17-31)14-30(15-27)23-7-5-6-8-24(23)32-3/h5-8,11-13,18-19H,4,9-10,14-17H2,1-3H3. The van der Waals surface area contributed by atoms with E-state index in [4.69, 9.17) is 14.7 Å². The van der Waals surface area contributed by atoms with Crippen LogP contribution in [0.25, 0.3) is 10.9 Å². The van der Waals surface area contributed by atoms with Gasteiger partial charge in [0.05, 0.1) is 18.3 Å². The summed E-state index contributed by atoms with van der Waals surface area (Å²) in [5, 5.41) is 1.22. The lowest BCUT2D eigenvalue weighted by Crippen LogP contribution is -2.72. The number of hydrogen-bond acceptors (Lipinski definition) is 5. The van der Waals surface area contributed by atoms with Gasteiger partial charge in [0.2, 0.25) is 0 Å². The second kappa shape index (κ2) is 7.36. The normalized spacial score (nSPS) is 20.2. The molecule has 1 aliphatic carbocycles. The molecule has 6 rings (SSSR count). The molecular formula is C27H32N4O. The highest BCUT2D eigenvalue weighted by Gasteiger charge is 2.53. The van der Waals surface area contributed by atoms with Crippen LogP contribution in [-0.4, -0.2) is 43.3 Å². The van der Waals surface area contributed by atoms with Crippen molar-refractivity contribution in [3.05, 3.63) is 53.9 Å². The van der Waals surface area contributed by atoms with Gasteiger partial charge < -0.3 is 14.5 Å². The number of ether oxygens (including phenoxy) is 1. The van der Waals surface area contributed by atoms with Crippen molar-refractivity contribution in [1.29, 1.82) is 0 Å². The monoisotopic (exact) mass is 428 g/mol. The fourth-order valence-electron chi connectivity index (χ4n) is 5.39. The van der Waals surface area contributed by atoms with Crippen LogP contribution in [0.5, 0.6) is 5.75 Å². The molecule has 3 aromatic rings. The minimum Gasteiger partial charge on any atom is -0.495 e. The summed E-state index contributed by atoms with van der Waals surface area (Å²) < 4.78 is 5.57. The van der Waals surface area contributed by atoms with E-state index >= 15 is 0 Å². The van der Waals surface area contributed by atoms with Crippen LogP contribution in [0.3, 0.4) is 0 Å². The van der Waals surface area contributed by atoms with E-state index in [2.05, 4.69) is 60.0 Å². The third-order valence-electron chi connectivity index (χ3n) is 7.67. The van der Waals surface area contributed by atoms with Crippen molar-refractivity contribution in [2.45, 2.75) is 44.9 Å². The first-order chi connectivity index (χ1) is 15.6. The molecule has 1 saturated carbocycles. The lowest BCUT2D eigenvalue weighted by molar-refractivity contribution is 0.155. The Morgan fingerprint density at radius 3 is 2.50 bits per heavy atom. The molecule has 1 atom stereocenters. The van der Waals surface area contributed by atoms with Crippen LogP contribution in [0, 0.1) is 5.41 Å². The molecule has 2 aromatic carbocycles. The third-order valence-corrected chi connectivity index (χ3v) is 7.67. The molecule has 3 fully saturated rings. The molecule has 0 radical (unpaired) electrons. The number of rotatable bonds is 6. The van der Waals surface area contributed by atoms with Gasteiger partial charge in [-0.3, -0.25) is 0 Å². The first kappa shape index (κ1) is 19.8. The molecule has 32 heavy (non-hydrogen) atoms. The van der Waals surface area contributed by atoms with Gasteiger partial charge in [0.15, 0.2) is 0 Å². The highest BCUT2D eigenvalue weighted by Crippen LogP contribution is 2.47. The van der Waals surface area contributed by atoms with E-state index in [0.29, 0.717) is 17.3 Å². The van der Waals surface area contributed by atoms with Gasteiger partial charge in [-0.2, -0.15) is 0 Å². The van der Waals surface area contributed by atoms with Gasteiger partial charge in [-0.05, 0) is 55.0 Å². The Kier molecular flexibility index (Phi) is 4.56. The lowest BCUT2D eigenvalue weighted by Gasteiger charge is -2.61. The zero-order valence-corrected chi connectivity index (χ0v) is 19.3. The zero-order chi connectivity index (χ0) is 21.9. The molecule has 166 valence electrons. The quantitative estimate of drug-likeness (QED) is 0.529. The Balaban J connectivity index is 1.26. The molecule has 0 amide bonds. The molecule has 5 heteroatoms. The number of para-hydroxylation sites is 2. The fourth-order valence-corrected chi connectivity index (χ4v) is 5.39. The smallest absolute Gasteiger partial charge is 0.142 e. The Morgan fingerprint density at radius 1 is 1.03 bits per heavy atom. The summed E-state index contributed by atoms with van der Waals surface area (Å²) in [7, 11) is 1.75. The summed E-state index contributed by atoms with van der Waals surface area (Å²) >= 11 is 0. The van der Waals surface area contributed by atoms with Crippen LogP contribution < -0.4 is 14.5 Å². The Morgan fingerprint density at radius 2 is 1.78 bits per heavy atom. The summed E-state index contributed by atoms with van der Waals surface area (Å²) in [5.74, 6) is 4.29. The van der Waals surface area contributed by atoms with Crippen molar-refractivity contribution in [1.82, 2.24) is 9.97 Å². The average molecular weight is 429 g/mol. The summed E-state index contributed by atoms with van der Waals surface area (Å²) in [6.45, 7) is 8.87. The SMILES string of the molecule is CCC(C)c1ccc2nc(C3CC3)nc(N3CC4(CN(c5ccccc5OC)C4)C3)c2c1. The molecule has 1 spiro atoms. The maximum absolute atomic E-state index is 5.57. The van der Waals surface area contributed by atoms with Crippen molar-refractivity contribution in [3.8, 4) is 5.75 Å². The second-order valence-electron chi connectivity index (χ2n) is 10.1. The largest absolute Gasteiger partial charge is 0.495 e. The van der Waals surface area contributed by atoms with Crippen molar-refractivity contribution in [3.63, 3.8) is 0 Å². The molecular weight excluding hydrogens is 396 g/mol. The molecule has 0 bridgehead atoms. The van der Waals surface area contributed by atoms with Gasteiger partial charge in [0, 0.05) is 42.9 Å². The summed E-state index contributed by atoms with van der Waals surface area (Å²) in [6.07, 6.45) is 3.61. The van der Waals surface area contributed by atoms with E-state index < -0.39 is 0 Å². The summed E-state index contributed by atoms with van der Waals surface area (Å²) in [5.41, 5.74) is 4.08. The predicted octanol–water partition coefficient (Wildman–Crippen LogP) is 5.36. The number of anilines is 2. The molecule has 0 N–H and O–H groups in total. The maximum Gasteiger partial charge on any atom is 0.142 e.